The van der Waals surface area contributed by atoms with Gasteiger partial charge in [0.25, 0.3) is 0 Å². The molecule has 1 aromatic carbocycles. The minimum Gasteiger partial charge on any atom is -0.508 e. The smallest absolute Gasteiger partial charge is 0.409 e. The number of amides is 1. The van der Waals surface area contributed by atoms with Crippen LogP contribution in [0, 0.1) is 0 Å². The van der Waals surface area contributed by atoms with Crippen molar-refractivity contribution in [3.8, 4) is 5.75 Å². The topological polar surface area (TPSA) is 86.2 Å². The molecule has 1 saturated heterocycles. The summed E-state index contributed by atoms with van der Waals surface area (Å²) in [6.07, 6.45) is 5.98. The second-order valence-corrected chi connectivity index (χ2v) is 7.71. The van der Waals surface area contributed by atoms with E-state index in [0.29, 0.717) is 32.0 Å². The molecule has 1 heterocycles. The van der Waals surface area contributed by atoms with Crippen molar-refractivity contribution in [2.75, 3.05) is 26.2 Å². The molecule has 0 radical (unpaired) electrons. The predicted octanol–water partition coefficient (Wildman–Crippen LogP) is 2.95. The fourth-order valence-corrected chi connectivity index (χ4v) is 4.16. The monoisotopic (exact) mass is 402 g/mol. The Morgan fingerprint density at radius 1 is 1.24 bits per heavy atom. The Kier molecular flexibility index (Phi) is 7.61. The average Bonchev–Trinajstić information content (AvgIpc) is 2.74. The molecule has 160 valence electrons. The van der Waals surface area contributed by atoms with Crippen molar-refractivity contribution in [1.82, 2.24) is 15.5 Å². The van der Waals surface area contributed by atoms with Crippen molar-refractivity contribution < 1.29 is 14.6 Å². The minimum absolute atomic E-state index is 0.226. The number of nitrogens with one attached hydrogen (secondary N) is 2. The van der Waals surface area contributed by atoms with Gasteiger partial charge in [-0.2, -0.15) is 0 Å². The van der Waals surface area contributed by atoms with E-state index in [-0.39, 0.29) is 12.1 Å². The summed E-state index contributed by atoms with van der Waals surface area (Å²) in [5, 5.41) is 17.2. The van der Waals surface area contributed by atoms with Crippen molar-refractivity contribution in [3.63, 3.8) is 0 Å². The number of guanidine groups is 1. The van der Waals surface area contributed by atoms with Crippen LogP contribution in [0.5, 0.6) is 5.75 Å². The fourth-order valence-electron chi connectivity index (χ4n) is 4.16. The Balaban J connectivity index is 1.62. The van der Waals surface area contributed by atoms with Crippen LogP contribution >= 0.6 is 0 Å². The second kappa shape index (κ2) is 10.4. The molecule has 1 aliphatic carbocycles. The van der Waals surface area contributed by atoms with Crippen molar-refractivity contribution in [2.24, 2.45) is 4.99 Å². The highest BCUT2D eigenvalue weighted by atomic mass is 16.6. The maximum absolute atomic E-state index is 11.9. The first-order valence-corrected chi connectivity index (χ1v) is 10.9. The number of phenols is 1. The van der Waals surface area contributed by atoms with E-state index >= 15 is 0 Å². The normalized spacial score (nSPS) is 17.6. The Morgan fingerprint density at radius 3 is 2.72 bits per heavy atom. The summed E-state index contributed by atoms with van der Waals surface area (Å²) in [4.78, 5) is 18.4. The highest BCUT2D eigenvalue weighted by Gasteiger charge is 2.24. The summed E-state index contributed by atoms with van der Waals surface area (Å²) in [7, 11) is 0. The Hall–Kier alpha value is -2.44. The van der Waals surface area contributed by atoms with Crippen LogP contribution in [0.1, 0.15) is 56.2 Å². The van der Waals surface area contributed by atoms with Crippen LogP contribution in [0.3, 0.4) is 0 Å². The van der Waals surface area contributed by atoms with E-state index in [1.165, 1.54) is 24.0 Å². The van der Waals surface area contributed by atoms with Gasteiger partial charge in [-0.1, -0.05) is 6.07 Å². The first-order chi connectivity index (χ1) is 14.1. The number of ether oxygens (including phenoxy) is 1. The molecule has 1 aromatic rings. The fraction of sp³-hybridized carbons (Fsp3) is 0.636. The second-order valence-electron chi connectivity index (χ2n) is 7.71. The standard InChI is InChI=1S/C22H34N4O3/c1-3-23-21(25-17-11-13-26(14-12-17)22(28)29-4-2)24-15-19-18-8-6-5-7-16(18)9-10-20(19)27/h9-10,17,27H,3-8,11-15H2,1-2H3,(H2,23,24,25). The van der Waals surface area contributed by atoms with Crippen LogP contribution in [0.2, 0.25) is 0 Å². The van der Waals surface area contributed by atoms with E-state index < -0.39 is 0 Å². The van der Waals surface area contributed by atoms with Crippen LogP contribution in [-0.2, 0) is 24.1 Å². The number of aromatic hydroxyl groups is 1. The molecule has 3 N–H and O–H groups in total. The number of likely N-dealkylation sites (tertiary alicyclic amines) is 1. The molecule has 29 heavy (non-hydrogen) atoms. The number of piperidine rings is 1. The van der Waals surface area contributed by atoms with E-state index in [1.54, 1.807) is 11.0 Å². The van der Waals surface area contributed by atoms with Gasteiger partial charge in [-0.15, -0.1) is 0 Å². The number of aryl methyl sites for hydroxylation is 1. The lowest BCUT2D eigenvalue weighted by atomic mass is 9.88. The molecule has 0 unspecified atom stereocenters. The zero-order valence-electron chi connectivity index (χ0n) is 17.7. The number of carbonyl (C=O) groups is 1. The number of rotatable bonds is 5. The zero-order valence-corrected chi connectivity index (χ0v) is 17.7. The number of nitrogens with zero attached hydrogens (tertiary/aromatic N) is 2. The molecular formula is C22H34N4O3. The number of hydrogen-bond acceptors (Lipinski definition) is 4. The number of fused-ring (bicyclic) bond motifs is 1. The molecule has 0 bridgehead atoms. The molecule has 7 nitrogen and oxygen atoms in total. The molecular weight excluding hydrogens is 368 g/mol. The van der Waals surface area contributed by atoms with Crippen molar-refractivity contribution in [2.45, 2.75) is 65.0 Å². The number of carbonyl (C=O) groups excluding carboxylic acids is 1. The molecule has 1 amide bonds. The highest BCUT2D eigenvalue weighted by molar-refractivity contribution is 5.80. The van der Waals surface area contributed by atoms with Gasteiger partial charge >= 0.3 is 6.09 Å². The third kappa shape index (κ3) is 5.55. The number of aliphatic imine (C=N–C) groups is 1. The molecule has 0 saturated carbocycles. The molecule has 1 aliphatic heterocycles. The number of phenolic OH excluding ortho intramolecular Hbond substituents is 1. The van der Waals surface area contributed by atoms with Gasteiger partial charge in [-0.3, -0.25) is 0 Å². The van der Waals surface area contributed by atoms with Crippen LogP contribution in [-0.4, -0.2) is 54.3 Å². The molecule has 2 aliphatic rings. The summed E-state index contributed by atoms with van der Waals surface area (Å²) in [5.74, 6) is 1.10. The maximum atomic E-state index is 11.9. The Bertz CT molecular complexity index is 727. The van der Waals surface area contributed by atoms with Gasteiger partial charge in [-0.25, -0.2) is 9.79 Å². The minimum atomic E-state index is -0.226. The zero-order chi connectivity index (χ0) is 20.6. The summed E-state index contributed by atoms with van der Waals surface area (Å²) >= 11 is 0. The summed E-state index contributed by atoms with van der Waals surface area (Å²) in [6, 6.07) is 4.12. The van der Waals surface area contributed by atoms with E-state index in [4.69, 9.17) is 9.73 Å². The largest absolute Gasteiger partial charge is 0.508 e. The molecule has 0 atom stereocenters. The Morgan fingerprint density at radius 2 is 2.00 bits per heavy atom. The quantitative estimate of drug-likeness (QED) is 0.521. The first kappa shape index (κ1) is 21.3. The molecule has 3 rings (SSSR count). The lowest BCUT2D eigenvalue weighted by molar-refractivity contribution is 0.0963. The molecule has 0 aromatic heterocycles. The van der Waals surface area contributed by atoms with E-state index in [1.807, 2.05) is 13.8 Å². The average molecular weight is 403 g/mol. The number of hydrogen-bond donors (Lipinski definition) is 3. The third-order valence-electron chi connectivity index (χ3n) is 5.73. The van der Waals surface area contributed by atoms with Gasteiger partial charge in [-0.05, 0) is 69.6 Å². The first-order valence-electron chi connectivity index (χ1n) is 10.9. The maximum Gasteiger partial charge on any atom is 0.409 e. The van der Waals surface area contributed by atoms with Crippen LogP contribution in [0.15, 0.2) is 17.1 Å². The van der Waals surface area contributed by atoms with Crippen molar-refractivity contribution in [3.05, 3.63) is 28.8 Å². The predicted molar refractivity (Wildman–Crippen MR) is 114 cm³/mol. The van der Waals surface area contributed by atoms with Crippen LogP contribution in [0.4, 0.5) is 4.79 Å². The van der Waals surface area contributed by atoms with Gasteiger partial charge in [0.2, 0.25) is 0 Å². The van der Waals surface area contributed by atoms with Gasteiger partial charge < -0.3 is 25.4 Å². The van der Waals surface area contributed by atoms with Gasteiger partial charge in [0, 0.05) is 31.2 Å². The SMILES string of the molecule is CCNC(=NCc1c(O)ccc2c1CCCC2)NC1CCN(C(=O)OCC)CC1. The van der Waals surface area contributed by atoms with E-state index in [9.17, 15) is 9.90 Å². The van der Waals surface area contributed by atoms with Gasteiger partial charge in [0.1, 0.15) is 5.75 Å². The summed E-state index contributed by atoms with van der Waals surface area (Å²) < 4.78 is 5.09. The lowest BCUT2D eigenvalue weighted by Gasteiger charge is -2.32. The van der Waals surface area contributed by atoms with Crippen molar-refractivity contribution in [1.29, 1.82) is 0 Å². The van der Waals surface area contributed by atoms with Crippen LogP contribution < -0.4 is 10.6 Å². The van der Waals surface area contributed by atoms with E-state index in [0.717, 1.165) is 43.8 Å². The highest BCUT2D eigenvalue weighted by Crippen LogP contribution is 2.31. The molecule has 1 fully saturated rings. The lowest BCUT2D eigenvalue weighted by Crippen LogP contribution is -2.49. The van der Waals surface area contributed by atoms with Crippen molar-refractivity contribution >= 4 is 12.1 Å². The van der Waals surface area contributed by atoms with Gasteiger partial charge in [0.15, 0.2) is 5.96 Å². The molecule has 7 heteroatoms. The third-order valence-corrected chi connectivity index (χ3v) is 5.73. The number of benzene rings is 1. The summed E-state index contributed by atoms with van der Waals surface area (Å²) in [6.45, 7) is 6.88. The molecule has 0 spiro atoms. The van der Waals surface area contributed by atoms with Gasteiger partial charge in [0.05, 0.1) is 13.2 Å². The van der Waals surface area contributed by atoms with Crippen LogP contribution in [0.25, 0.3) is 0 Å². The Labute approximate surface area is 173 Å². The van der Waals surface area contributed by atoms with E-state index in [2.05, 4.69) is 16.7 Å². The summed E-state index contributed by atoms with van der Waals surface area (Å²) in [5.41, 5.74) is 3.58.